The van der Waals surface area contributed by atoms with Crippen molar-refractivity contribution in [3.8, 4) is 5.40 Å². The summed E-state index contributed by atoms with van der Waals surface area (Å²) in [6, 6.07) is 7.01. The minimum absolute atomic E-state index is 0.440. The number of nitrogens with zero attached hydrogens (tertiary/aromatic N) is 1. The fourth-order valence-electron chi connectivity index (χ4n) is 1.07. The Morgan fingerprint density at radius 3 is 2.64 bits per heavy atom. The van der Waals surface area contributed by atoms with E-state index in [0.717, 1.165) is 28.5 Å². The van der Waals surface area contributed by atoms with Gasteiger partial charge in [0, 0.05) is 4.90 Å². The van der Waals surface area contributed by atoms with Crippen molar-refractivity contribution in [2.75, 3.05) is 0 Å². The number of hydrogen-bond acceptors (Lipinski definition) is 4. The summed E-state index contributed by atoms with van der Waals surface area (Å²) in [5, 5.41) is 10.4. The van der Waals surface area contributed by atoms with E-state index in [1.54, 1.807) is 0 Å². The van der Waals surface area contributed by atoms with Gasteiger partial charge in [0.1, 0.15) is 11.7 Å². The highest BCUT2D eigenvalue weighted by Gasteiger charge is 2.01. The standard InChI is InChI=1S/C10H10N2OS/c11-7-14-10-3-1-8(2-4-10)5-9(12)6-13/h1-4,6,9H,5,12H2. The minimum Gasteiger partial charge on any atom is -0.321 e. The summed E-state index contributed by atoms with van der Waals surface area (Å²) in [4.78, 5) is 11.2. The van der Waals surface area contributed by atoms with Crippen molar-refractivity contribution >= 4 is 18.0 Å². The predicted molar refractivity (Wildman–Crippen MR) is 55.7 cm³/mol. The second-order valence-corrected chi connectivity index (χ2v) is 3.70. The van der Waals surface area contributed by atoms with Crippen LogP contribution in [0.15, 0.2) is 29.2 Å². The normalized spacial score (nSPS) is 11.7. The summed E-state index contributed by atoms with van der Waals surface area (Å²) in [7, 11) is 0. The van der Waals surface area contributed by atoms with Crippen molar-refractivity contribution in [1.82, 2.24) is 0 Å². The van der Waals surface area contributed by atoms with Gasteiger partial charge in [-0.1, -0.05) is 12.1 Å². The van der Waals surface area contributed by atoms with Crippen LogP contribution in [-0.2, 0) is 11.2 Å². The quantitative estimate of drug-likeness (QED) is 0.458. The van der Waals surface area contributed by atoms with E-state index in [4.69, 9.17) is 11.0 Å². The number of rotatable bonds is 4. The van der Waals surface area contributed by atoms with Crippen LogP contribution in [0.5, 0.6) is 0 Å². The Balaban J connectivity index is 2.64. The van der Waals surface area contributed by atoms with Crippen molar-refractivity contribution in [1.29, 1.82) is 5.26 Å². The molecule has 14 heavy (non-hydrogen) atoms. The van der Waals surface area contributed by atoms with Gasteiger partial charge < -0.3 is 10.5 Å². The fraction of sp³-hybridized carbons (Fsp3) is 0.200. The lowest BCUT2D eigenvalue weighted by Crippen LogP contribution is -2.23. The topological polar surface area (TPSA) is 66.9 Å². The predicted octanol–water partition coefficient (Wildman–Crippen LogP) is 1.33. The number of thiocyanates is 1. The van der Waals surface area contributed by atoms with E-state index in [1.807, 2.05) is 29.7 Å². The fourth-order valence-corrected chi connectivity index (χ4v) is 1.44. The third-order valence-electron chi connectivity index (χ3n) is 1.73. The van der Waals surface area contributed by atoms with Crippen molar-refractivity contribution in [3.63, 3.8) is 0 Å². The second kappa shape index (κ2) is 5.43. The zero-order valence-corrected chi connectivity index (χ0v) is 8.33. The number of thioether (sulfide) groups is 1. The van der Waals surface area contributed by atoms with Gasteiger partial charge in [-0.2, -0.15) is 5.26 Å². The van der Waals surface area contributed by atoms with E-state index in [1.165, 1.54) is 0 Å². The molecule has 0 aliphatic rings. The molecule has 0 aliphatic carbocycles. The summed E-state index contributed by atoms with van der Waals surface area (Å²) < 4.78 is 0. The molecule has 0 fully saturated rings. The number of nitrogens with two attached hydrogens (primary N) is 1. The number of benzene rings is 1. The van der Waals surface area contributed by atoms with Crippen molar-refractivity contribution < 1.29 is 4.79 Å². The van der Waals surface area contributed by atoms with Crippen molar-refractivity contribution in [2.24, 2.45) is 5.73 Å². The highest BCUT2D eigenvalue weighted by atomic mass is 32.2. The smallest absolute Gasteiger partial charge is 0.138 e. The number of nitriles is 1. The molecule has 1 aromatic rings. The van der Waals surface area contributed by atoms with Gasteiger partial charge in [-0.3, -0.25) is 0 Å². The first kappa shape index (κ1) is 10.8. The molecule has 0 aliphatic heterocycles. The molecule has 0 aromatic heterocycles. The highest BCUT2D eigenvalue weighted by Crippen LogP contribution is 2.16. The third-order valence-corrected chi connectivity index (χ3v) is 2.33. The highest BCUT2D eigenvalue weighted by molar-refractivity contribution is 8.03. The minimum atomic E-state index is -0.440. The maximum atomic E-state index is 10.3. The van der Waals surface area contributed by atoms with Crippen LogP contribution in [0, 0.1) is 10.7 Å². The van der Waals surface area contributed by atoms with Gasteiger partial charge in [0.05, 0.1) is 6.04 Å². The molecule has 4 heteroatoms. The molecule has 3 nitrogen and oxygen atoms in total. The van der Waals surface area contributed by atoms with E-state index in [0.29, 0.717) is 6.42 Å². The molecule has 0 spiro atoms. The molecule has 0 radical (unpaired) electrons. The van der Waals surface area contributed by atoms with Crippen LogP contribution in [0.2, 0.25) is 0 Å². The Hall–Kier alpha value is -1.31. The maximum Gasteiger partial charge on any atom is 0.138 e. The van der Waals surface area contributed by atoms with E-state index in [-0.39, 0.29) is 0 Å². The molecule has 1 aromatic carbocycles. The lowest BCUT2D eigenvalue weighted by atomic mass is 10.1. The Morgan fingerprint density at radius 1 is 1.50 bits per heavy atom. The molecule has 0 bridgehead atoms. The molecule has 2 N–H and O–H groups in total. The average molecular weight is 206 g/mol. The Kier molecular flexibility index (Phi) is 4.17. The molecular formula is C10H10N2OS. The van der Waals surface area contributed by atoms with Crippen LogP contribution in [0.1, 0.15) is 5.56 Å². The van der Waals surface area contributed by atoms with Crippen LogP contribution in [0.25, 0.3) is 0 Å². The molecule has 1 rings (SSSR count). The molecule has 0 heterocycles. The van der Waals surface area contributed by atoms with Crippen molar-refractivity contribution in [2.45, 2.75) is 17.4 Å². The summed E-state index contributed by atoms with van der Waals surface area (Å²) in [6.45, 7) is 0. The van der Waals surface area contributed by atoms with Crippen LogP contribution in [0.3, 0.4) is 0 Å². The lowest BCUT2D eigenvalue weighted by Gasteiger charge is -2.03. The first-order valence-corrected chi connectivity index (χ1v) is 4.93. The number of carbonyl (C=O) groups excluding carboxylic acids is 1. The molecule has 1 unspecified atom stereocenters. The van der Waals surface area contributed by atoms with Crippen LogP contribution >= 0.6 is 11.8 Å². The van der Waals surface area contributed by atoms with Gasteiger partial charge in [-0.15, -0.1) is 0 Å². The van der Waals surface area contributed by atoms with Gasteiger partial charge in [-0.25, -0.2) is 0 Å². The number of hydrogen-bond donors (Lipinski definition) is 1. The Morgan fingerprint density at radius 2 is 2.14 bits per heavy atom. The van der Waals surface area contributed by atoms with Crippen molar-refractivity contribution in [3.05, 3.63) is 29.8 Å². The zero-order valence-electron chi connectivity index (χ0n) is 7.51. The SMILES string of the molecule is N#CSc1ccc(CC(N)C=O)cc1. The molecule has 0 amide bonds. The monoisotopic (exact) mass is 206 g/mol. The summed E-state index contributed by atoms with van der Waals surface area (Å²) >= 11 is 1.11. The average Bonchev–Trinajstić information content (AvgIpc) is 2.21. The van der Waals surface area contributed by atoms with Crippen LogP contribution in [0.4, 0.5) is 0 Å². The van der Waals surface area contributed by atoms with E-state index < -0.39 is 6.04 Å². The first-order chi connectivity index (χ1) is 6.76. The van der Waals surface area contributed by atoms with Gasteiger partial charge in [-0.05, 0) is 35.9 Å². The summed E-state index contributed by atoms with van der Waals surface area (Å²) in [5.74, 6) is 0. The maximum absolute atomic E-state index is 10.3. The summed E-state index contributed by atoms with van der Waals surface area (Å²) in [5.41, 5.74) is 6.48. The van der Waals surface area contributed by atoms with Gasteiger partial charge in [0.2, 0.25) is 0 Å². The molecule has 1 atom stereocenters. The Labute approximate surface area is 86.9 Å². The molecular weight excluding hydrogens is 196 g/mol. The molecule has 0 saturated heterocycles. The number of aldehydes is 1. The lowest BCUT2D eigenvalue weighted by molar-refractivity contribution is -0.108. The number of carbonyl (C=O) groups is 1. The largest absolute Gasteiger partial charge is 0.321 e. The second-order valence-electron chi connectivity index (χ2n) is 2.84. The summed E-state index contributed by atoms with van der Waals surface area (Å²) in [6.07, 6.45) is 1.28. The van der Waals surface area contributed by atoms with E-state index in [2.05, 4.69) is 0 Å². The van der Waals surface area contributed by atoms with E-state index in [9.17, 15) is 4.79 Å². The molecule has 0 saturated carbocycles. The van der Waals surface area contributed by atoms with Crippen LogP contribution in [-0.4, -0.2) is 12.3 Å². The van der Waals surface area contributed by atoms with Gasteiger partial charge in [0.25, 0.3) is 0 Å². The van der Waals surface area contributed by atoms with Crippen LogP contribution < -0.4 is 5.73 Å². The van der Waals surface area contributed by atoms with Gasteiger partial charge in [0.15, 0.2) is 0 Å². The van der Waals surface area contributed by atoms with E-state index >= 15 is 0 Å². The van der Waals surface area contributed by atoms with Gasteiger partial charge >= 0.3 is 0 Å². The first-order valence-electron chi connectivity index (χ1n) is 4.12. The third kappa shape index (κ3) is 3.21. The molecule has 72 valence electrons. The Bertz CT molecular complexity index is 342. The zero-order chi connectivity index (χ0) is 10.4.